The first-order valence-electron chi connectivity index (χ1n) is 16.7. The molecule has 0 fully saturated rings. The number of hydrogen-bond acceptors (Lipinski definition) is 3. The minimum absolute atomic E-state index is 0.663. The Morgan fingerprint density at radius 1 is 0.306 bits per heavy atom. The molecule has 0 aliphatic heterocycles. The van der Waals surface area contributed by atoms with E-state index in [9.17, 15) is 0 Å². The fraction of sp³-hybridized carbons (Fsp3) is 0.0217. The van der Waals surface area contributed by atoms with E-state index in [1.54, 1.807) is 0 Å². The summed E-state index contributed by atoms with van der Waals surface area (Å²) in [4.78, 5) is 15.3. The van der Waals surface area contributed by atoms with Crippen LogP contribution in [-0.4, -0.2) is 15.0 Å². The second-order valence-electron chi connectivity index (χ2n) is 12.8. The minimum Gasteiger partial charge on any atom is -0.208 e. The van der Waals surface area contributed by atoms with Crippen LogP contribution in [-0.2, 0) is 6.42 Å². The van der Waals surface area contributed by atoms with Crippen molar-refractivity contribution in [2.24, 2.45) is 0 Å². The van der Waals surface area contributed by atoms with Crippen molar-refractivity contribution in [2.45, 2.75) is 6.42 Å². The molecule has 228 valence electrons. The monoisotopic (exact) mass is 623 g/mol. The van der Waals surface area contributed by atoms with Crippen molar-refractivity contribution in [1.82, 2.24) is 15.0 Å². The largest absolute Gasteiger partial charge is 0.208 e. The van der Waals surface area contributed by atoms with E-state index in [2.05, 4.69) is 146 Å². The van der Waals surface area contributed by atoms with Gasteiger partial charge >= 0.3 is 0 Å². The minimum atomic E-state index is 0.663. The van der Waals surface area contributed by atoms with Gasteiger partial charge in [0.15, 0.2) is 17.5 Å². The topological polar surface area (TPSA) is 38.7 Å². The van der Waals surface area contributed by atoms with Crippen molar-refractivity contribution in [2.75, 3.05) is 0 Å². The molecule has 0 N–H and O–H groups in total. The molecule has 3 heteroatoms. The normalized spacial score (nSPS) is 12.0. The van der Waals surface area contributed by atoms with E-state index < -0.39 is 0 Å². The fourth-order valence-corrected chi connectivity index (χ4v) is 7.63. The summed E-state index contributed by atoms with van der Waals surface area (Å²) in [7, 11) is 0. The Hall–Kier alpha value is -6.45. The van der Waals surface area contributed by atoms with Gasteiger partial charge in [-0.05, 0) is 84.3 Å². The maximum Gasteiger partial charge on any atom is 0.164 e. The van der Waals surface area contributed by atoms with Crippen molar-refractivity contribution in [1.29, 1.82) is 0 Å². The van der Waals surface area contributed by atoms with Crippen molar-refractivity contribution >= 4 is 32.3 Å². The summed E-state index contributed by atoms with van der Waals surface area (Å²) < 4.78 is 0. The lowest BCUT2D eigenvalue weighted by molar-refractivity contribution is 1.07. The first-order valence-corrected chi connectivity index (χ1v) is 16.7. The van der Waals surface area contributed by atoms with Gasteiger partial charge in [0.2, 0.25) is 0 Å². The van der Waals surface area contributed by atoms with Crippen molar-refractivity contribution < 1.29 is 0 Å². The zero-order valence-corrected chi connectivity index (χ0v) is 26.6. The second-order valence-corrected chi connectivity index (χ2v) is 12.8. The molecule has 8 aromatic carbocycles. The van der Waals surface area contributed by atoms with Crippen LogP contribution in [0.15, 0.2) is 164 Å². The SMILES string of the molecule is c1ccc(-c2nc(-c3cccc(-c4ccc5c6ccccc6c6ccccc6c5c4)c3)nc(-c3cccc4c3Cc3ccccc3-4)n2)cc1. The van der Waals surface area contributed by atoms with Gasteiger partial charge in [0.1, 0.15) is 0 Å². The van der Waals surface area contributed by atoms with E-state index in [1.807, 2.05) is 18.2 Å². The zero-order chi connectivity index (χ0) is 32.3. The van der Waals surface area contributed by atoms with E-state index >= 15 is 0 Å². The summed E-state index contributed by atoms with van der Waals surface area (Å²) in [5, 5.41) is 7.62. The molecule has 0 saturated carbocycles. The van der Waals surface area contributed by atoms with Gasteiger partial charge in [0, 0.05) is 16.7 Å². The summed E-state index contributed by atoms with van der Waals surface area (Å²) in [6.45, 7) is 0. The summed E-state index contributed by atoms with van der Waals surface area (Å²) in [6.07, 6.45) is 0.866. The summed E-state index contributed by atoms with van der Waals surface area (Å²) in [5.74, 6) is 2.03. The smallest absolute Gasteiger partial charge is 0.164 e. The Balaban J connectivity index is 1.13. The Morgan fingerprint density at radius 3 is 1.59 bits per heavy atom. The molecule has 10 rings (SSSR count). The summed E-state index contributed by atoms with van der Waals surface area (Å²) in [6, 6.07) is 58.2. The highest BCUT2D eigenvalue weighted by atomic mass is 15.0. The molecule has 0 saturated heterocycles. The first-order chi connectivity index (χ1) is 24.3. The molecule has 0 spiro atoms. The van der Waals surface area contributed by atoms with E-state index in [-0.39, 0.29) is 0 Å². The van der Waals surface area contributed by atoms with Crippen LogP contribution in [0, 0.1) is 0 Å². The van der Waals surface area contributed by atoms with Crippen molar-refractivity contribution in [3.8, 4) is 56.4 Å². The zero-order valence-electron chi connectivity index (χ0n) is 26.6. The number of hydrogen-bond donors (Lipinski definition) is 0. The number of benzene rings is 8. The van der Waals surface area contributed by atoms with Gasteiger partial charge in [-0.3, -0.25) is 0 Å². The predicted molar refractivity (Wildman–Crippen MR) is 202 cm³/mol. The summed E-state index contributed by atoms with van der Waals surface area (Å²) >= 11 is 0. The van der Waals surface area contributed by atoms with Crippen LogP contribution >= 0.6 is 0 Å². The van der Waals surface area contributed by atoms with Gasteiger partial charge in [-0.15, -0.1) is 0 Å². The summed E-state index contributed by atoms with van der Waals surface area (Å²) in [5.41, 5.74) is 10.4. The van der Waals surface area contributed by atoms with E-state index in [0.29, 0.717) is 17.5 Å². The van der Waals surface area contributed by atoms with Crippen molar-refractivity contribution in [3.05, 3.63) is 175 Å². The number of fused-ring (bicyclic) bond motifs is 9. The van der Waals surface area contributed by atoms with Gasteiger partial charge in [0.25, 0.3) is 0 Å². The lowest BCUT2D eigenvalue weighted by Crippen LogP contribution is -2.02. The number of rotatable bonds is 4. The molecule has 1 aliphatic rings. The van der Waals surface area contributed by atoms with Gasteiger partial charge in [-0.25, -0.2) is 15.0 Å². The molecule has 1 aliphatic carbocycles. The Kier molecular flexibility index (Phi) is 6.25. The predicted octanol–water partition coefficient (Wildman–Crippen LogP) is 11.6. The van der Waals surface area contributed by atoms with E-state index in [1.165, 1.54) is 54.6 Å². The average molecular weight is 624 g/mol. The third-order valence-corrected chi connectivity index (χ3v) is 9.96. The van der Waals surface area contributed by atoms with Gasteiger partial charge in [-0.1, -0.05) is 152 Å². The molecule has 0 amide bonds. The number of aromatic nitrogens is 3. The average Bonchev–Trinajstić information content (AvgIpc) is 3.57. The highest BCUT2D eigenvalue weighted by Gasteiger charge is 2.23. The Labute approximate surface area is 284 Å². The molecule has 0 radical (unpaired) electrons. The van der Waals surface area contributed by atoms with Crippen LogP contribution in [0.1, 0.15) is 11.1 Å². The standard InChI is InChI=1S/C46H29N3/c1-2-12-29(13-3-1)44-47-45(49-46(48-44)41-23-11-22-35-34-17-5-4-14-32(34)28-43(35)41)33-16-10-15-30(26-33)31-24-25-40-38-20-7-6-18-36(38)37-19-8-9-21-39(37)42(40)27-31/h1-27H,28H2. The maximum atomic E-state index is 5.18. The lowest BCUT2D eigenvalue weighted by atomic mass is 9.92. The van der Waals surface area contributed by atoms with Crippen LogP contribution in [0.4, 0.5) is 0 Å². The third-order valence-electron chi connectivity index (χ3n) is 9.96. The molecule has 0 bridgehead atoms. The van der Waals surface area contributed by atoms with Crippen LogP contribution in [0.25, 0.3) is 88.7 Å². The second kappa shape index (κ2) is 11.1. The molecule has 3 nitrogen and oxygen atoms in total. The van der Waals surface area contributed by atoms with Gasteiger partial charge in [0.05, 0.1) is 0 Å². The highest BCUT2D eigenvalue weighted by molar-refractivity contribution is 6.25. The molecular weight excluding hydrogens is 595 g/mol. The van der Waals surface area contributed by atoms with Crippen molar-refractivity contribution in [3.63, 3.8) is 0 Å². The van der Waals surface area contributed by atoms with Crippen LogP contribution in [0.5, 0.6) is 0 Å². The Bertz CT molecular complexity index is 2710. The third kappa shape index (κ3) is 4.55. The highest BCUT2D eigenvalue weighted by Crippen LogP contribution is 2.42. The fourth-order valence-electron chi connectivity index (χ4n) is 7.63. The van der Waals surface area contributed by atoms with Gasteiger partial charge in [-0.2, -0.15) is 0 Å². The quantitative estimate of drug-likeness (QED) is 0.183. The molecule has 0 unspecified atom stereocenters. The van der Waals surface area contributed by atoms with Crippen LogP contribution < -0.4 is 0 Å². The van der Waals surface area contributed by atoms with E-state index in [4.69, 9.17) is 15.0 Å². The molecule has 9 aromatic rings. The molecule has 49 heavy (non-hydrogen) atoms. The maximum absolute atomic E-state index is 5.18. The lowest BCUT2D eigenvalue weighted by Gasteiger charge is -2.13. The van der Waals surface area contributed by atoms with Gasteiger partial charge < -0.3 is 0 Å². The van der Waals surface area contributed by atoms with E-state index in [0.717, 1.165) is 34.2 Å². The molecule has 0 atom stereocenters. The van der Waals surface area contributed by atoms with Crippen LogP contribution in [0.2, 0.25) is 0 Å². The first kappa shape index (κ1) is 27.6. The molecule has 1 aromatic heterocycles. The van der Waals surface area contributed by atoms with Crippen LogP contribution in [0.3, 0.4) is 0 Å². The number of nitrogens with zero attached hydrogens (tertiary/aromatic N) is 3. The molecule has 1 heterocycles. The Morgan fingerprint density at radius 2 is 0.816 bits per heavy atom. The molecular formula is C46H29N3.